The minimum absolute atomic E-state index is 0. The van der Waals surface area contributed by atoms with Gasteiger partial charge < -0.3 is 10.2 Å². The maximum absolute atomic E-state index is 11.9. The van der Waals surface area contributed by atoms with Crippen molar-refractivity contribution in [2.24, 2.45) is 0 Å². The van der Waals surface area contributed by atoms with Crippen LogP contribution in [0.4, 0.5) is 0 Å². The lowest BCUT2D eigenvalue weighted by atomic mass is 10.1. The number of nitrogens with one attached hydrogen (secondary N) is 1. The molecule has 1 saturated heterocycles. The fourth-order valence-corrected chi connectivity index (χ4v) is 1.63. The van der Waals surface area contributed by atoms with E-state index in [0.717, 1.165) is 30.7 Å². The van der Waals surface area contributed by atoms with Gasteiger partial charge in [-0.05, 0) is 34.2 Å². The van der Waals surface area contributed by atoms with Gasteiger partial charge in [0.1, 0.15) is 0 Å². The number of rotatable bonds is 2. The number of likely N-dealkylation sites (tertiary alicyclic amines) is 1. The fourth-order valence-electron chi connectivity index (χ4n) is 1.63. The van der Waals surface area contributed by atoms with E-state index in [1.807, 2.05) is 32.7 Å². The monoisotopic (exact) mass is 232 g/mol. The topological polar surface area (TPSA) is 32.3 Å². The van der Waals surface area contributed by atoms with Gasteiger partial charge in [0.2, 0.25) is 5.91 Å². The van der Waals surface area contributed by atoms with Crippen LogP contribution >= 0.6 is 12.4 Å². The van der Waals surface area contributed by atoms with Crippen molar-refractivity contribution in [2.75, 3.05) is 20.1 Å². The van der Waals surface area contributed by atoms with Crippen molar-refractivity contribution in [3.8, 4) is 0 Å². The Labute approximate surface area is 98.3 Å². The van der Waals surface area contributed by atoms with E-state index < -0.39 is 0 Å². The number of nitrogens with zero attached hydrogens (tertiary/aromatic N) is 1. The highest BCUT2D eigenvalue weighted by Gasteiger charge is 2.25. The van der Waals surface area contributed by atoms with Gasteiger partial charge in [-0.25, -0.2) is 0 Å². The molecule has 0 aromatic carbocycles. The molecule has 1 N–H and O–H groups in total. The minimum atomic E-state index is 0. The van der Waals surface area contributed by atoms with E-state index in [2.05, 4.69) is 5.32 Å². The molecule has 0 aliphatic carbocycles. The van der Waals surface area contributed by atoms with Crippen molar-refractivity contribution in [3.63, 3.8) is 0 Å². The first kappa shape index (κ1) is 14.5. The van der Waals surface area contributed by atoms with Crippen LogP contribution in [0, 0.1) is 0 Å². The van der Waals surface area contributed by atoms with Gasteiger partial charge in [-0.1, -0.05) is 5.57 Å². The van der Waals surface area contributed by atoms with Crippen molar-refractivity contribution in [1.29, 1.82) is 0 Å². The van der Waals surface area contributed by atoms with E-state index in [-0.39, 0.29) is 18.3 Å². The Balaban J connectivity index is 0.00000196. The van der Waals surface area contributed by atoms with E-state index >= 15 is 0 Å². The van der Waals surface area contributed by atoms with Gasteiger partial charge in [-0.3, -0.25) is 4.79 Å². The van der Waals surface area contributed by atoms with Crippen LogP contribution < -0.4 is 5.32 Å². The van der Waals surface area contributed by atoms with Gasteiger partial charge in [0.05, 0.1) is 0 Å². The zero-order valence-corrected chi connectivity index (χ0v) is 10.8. The Morgan fingerprint density at radius 3 is 2.33 bits per heavy atom. The lowest BCUT2D eigenvalue weighted by Crippen LogP contribution is -2.34. The van der Waals surface area contributed by atoms with Crippen LogP contribution in [0.1, 0.15) is 27.2 Å². The van der Waals surface area contributed by atoms with Crippen molar-refractivity contribution >= 4 is 18.3 Å². The standard InChI is InChI=1S/C11H20N2O.ClH/c1-8(2)9(3)11(14)13-6-5-10(7-13)12-4;/h10,12H,5-7H2,1-4H3;1H. The van der Waals surface area contributed by atoms with Gasteiger partial charge in [0.15, 0.2) is 0 Å². The highest BCUT2D eigenvalue weighted by Crippen LogP contribution is 2.14. The Kier molecular flexibility index (Phi) is 5.91. The Morgan fingerprint density at radius 2 is 1.93 bits per heavy atom. The quantitative estimate of drug-likeness (QED) is 0.734. The van der Waals surface area contributed by atoms with Crippen LogP contribution in [-0.2, 0) is 4.79 Å². The molecule has 0 aromatic rings. The van der Waals surface area contributed by atoms with Crippen LogP contribution in [0.3, 0.4) is 0 Å². The number of carbonyl (C=O) groups excluding carboxylic acids is 1. The molecular weight excluding hydrogens is 212 g/mol. The molecule has 1 rings (SSSR count). The summed E-state index contributed by atoms with van der Waals surface area (Å²) < 4.78 is 0. The maximum Gasteiger partial charge on any atom is 0.249 e. The molecule has 1 aliphatic heterocycles. The third kappa shape index (κ3) is 3.50. The molecule has 88 valence electrons. The van der Waals surface area contributed by atoms with Crippen LogP contribution in [0.25, 0.3) is 0 Å². The second-order valence-corrected chi connectivity index (χ2v) is 4.15. The highest BCUT2D eigenvalue weighted by atomic mass is 35.5. The average Bonchev–Trinajstić information content (AvgIpc) is 2.63. The molecule has 0 spiro atoms. The normalized spacial score (nSPS) is 19.7. The van der Waals surface area contributed by atoms with Crippen molar-refractivity contribution in [3.05, 3.63) is 11.1 Å². The molecule has 0 saturated carbocycles. The number of amides is 1. The summed E-state index contributed by atoms with van der Waals surface area (Å²) in [5.74, 6) is 0.197. The molecular formula is C11H21ClN2O. The van der Waals surface area contributed by atoms with Crippen molar-refractivity contribution in [1.82, 2.24) is 10.2 Å². The van der Waals surface area contributed by atoms with Crippen molar-refractivity contribution < 1.29 is 4.79 Å². The first-order chi connectivity index (χ1) is 6.56. The molecule has 3 nitrogen and oxygen atoms in total. The Hall–Kier alpha value is -0.540. The molecule has 1 aliphatic rings. The zero-order valence-electron chi connectivity index (χ0n) is 9.96. The van der Waals surface area contributed by atoms with Crippen LogP contribution in [-0.4, -0.2) is 37.0 Å². The largest absolute Gasteiger partial charge is 0.337 e. The van der Waals surface area contributed by atoms with Crippen LogP contribution in [0.15, 0.2) is 11.1 Å². The number of hydrogen-bond acceptors (Lipinski definition) is 2. The van der Waals surface area contributed by atoms with E-state index in [4.69, 9.17) is 0 Å². The summed E-state index contributed by atoms with van der Waals surface area (Å²) in [4.78, 5) is 13.8. The van der Waals surface area contributed by atoms with Crippen LogP contribution in [0.5, 0.6) is 0 Å². The number of likely N-dealkylation sites (N-methyl/N-ethyl adjacent to an activating group) is 1. The second-order valence-electron chi connectivity index (χ2n) is 4.15. The minimum Gasteiger partial charge on any atom is -0.337 e. The summed E-state index contributed by atoms with van der Waals surface area (Å²) >= 11 is 0. The summed E-state index contributed by atoms with van der Waals surface area (Å²) in [5, 5.41) is 3.21. The first-order valence-corrected chi connectivity index (χ1v) is 5.17. The molecule has 15 heavy (non-hydrogen) atoms. The zero-order chi connectivity index (χ0) is 10.7. The molecule has 1 atom stereocenters. The summed E-state index contributed by atoms with van der Waals surface area (Å²) in [7, 11) is 1.95. The summed E-state index contributed by atoms with van der Waals surface area (Å²) in [6, 6.07) is 0.476. The Morgan fingerprint density at radius 1 is 1.33 bits per heavy atom. The molecule has 1 heterocycles. The van der Waals surface area contributed by atoms with Gasteiger partial charge in [-0.2, -0.15) is 0 Å². The third-order valence-electron chi connectivity index (χ3n) is 2.95. The van der Waals surface area contributed by atoms with E-state index in [0.29, 0.717) is 6.04 Å². The van der Waals surface area contributed by atoms with E-state index in [9.17, 15) is 4.79 Å². The van der Waals surface area contributed by atoms with Gasteiger partial charge in [-0.15, -0.1) is 12.4 Å². The lowest BCUT2D eigenvalue weighted by Gasteiger charge is -2.17. The summed E-state index contributed by atoms with van der Waals surface area (Å²) in [6.45, 7) is 7.61. The molecule has 0 bridgehead atoms. The maximum atomic E-state index is 11.9. The average molecular weight is 233 g/mol. The molecule has 4 heteroatoms. The second kappa shape index (κ2) is 6.13. The molecule has 0 aromatic heterocycles. The number of halogens is 1. The molecule has 1 amide bonds. The molecule has 0 radical (unpaired) electrons. The smallest absolute Gasteiger partial charge is 0.249 e. The van der Waals surface area contributed by atoms with Crippen LogP contribution in [0.2, 0.25) is 0 Å². The predicted octanol–water partition coefficient (Wildman–Crippen LogP) is 1.58. The van der Waals surface area contributed by atoms with Gasteiger partial charge >= 0.3 is 0 Å². The predicted molar refractivity (Wildman–Crippen MR) is 65.3 cm³/mol. The Bertz CT molecular complexity index is 259. The first-order valence-electron chi connectivity index (χ1n) is 5.17. The lowest BCUT2D eigenvalue weighted by molar-refractivity contribution is -0.126. The summed E-state index contributed by atoms with van der Waals surface area (Å²) in [6.07, 6.45) is 1.07. The van der Waals surface area contributed by atoms with E-state index in [1.165, 1.54) is 0 Å². The third-order valence-corrected chi connectivity index (χ3v) is 2.95. The number of carbonyl (C=O) groups is 1. The number of hydrogen-bond donors (Lipinski definition) is 1. The highest BCUT2D eigenvalue weighted by molar-refractivity contribution is 5.93. The van der Waals surface area contributed by atoms with Gasteiger partial charge in [0.25, 0.3) is 0 Å². The van der Waals surface area contributed by atoms with E-state index in [1.54, 1.807) is 0 Å². The SMILES string of the molecule is CNC1CCN(C(=O)C(C)=C(C)C)C1.Cl. The van der Waals surface area contributed by atoms with Gasteiger partial charge in [0, 0.05) is 24.7 Å². The molecule has 1 unspecified atom stereocenters. The molecule has 1 fully saturated rings. The van der Waals surface area contributed by atoms with Crippen molar-refractivity contribution in [2.45, 2.75) is 33.2 Å². The summed E-state index contributed by atoms with van der Waals surface area (Å²) in [5.41, 5.74) is 2.00. The fraction of sp³-hybridized carbons (Fsp3) is 0.727. The number of allylic oxidation sites excluding steroid dienone is 1.